The number of benzene rings is 2. The van der Waals surface area contributed by atoms with E-state index in [9.17, 15) is 9.59 Å². The molecule has 4 rings (SSSR count). The van der Waals surface area contributed by atoms with Crippen molar-refractivity contribution in [3.8, 4) is 0 Å². The molecule has 2 aromatic heterocycles. The summed E-state index contributed by atoms with van der Waals surface area (Å²) in [7, 11) is 0. The van der Waals surface area contributed by atoms with Crippen LogP contribution >= 0.6 is 11.6 Å². The Morgan fingerprint density at radius 3 is 2.68 bits per heavy atom. The average molecular weight is 436 g/mol. The Kier molecular flexibility index (Phi) is 5.90. The predicted octanol–water partition coefficient (Wildman–Crippen LogP) is 3.09. The Bertz CT molecular complexity index is 1310. The Hall–Kier alpha value is -3.78. The van der Waals surface area contributed by atoms with Crippen molar-refractivity contribution in [2.45, 2.75) is 19.9 Å². The van der Waals surface area contributed by atoms with Crippen LogP contribution < -0.4 is 11.0 Å². The number of rotatable bonds is 6. The van der Waals surface area contributed by atoms with E-state index in [2.05, 4.69) is 20.8 Å². The average Bonchev–Trinajstić information content (AvgIpc) is 3.16. The number of hydrazone groups is 1. The molecule has 156 valence electrons. The molecule has 0 radical (unpaired) electrons. The minimum absolute atomic E-state index is 0.293. The first kappa shape index (κ1) is 20.5. The molecule has 0 atom stereocenters. The van der Waals surface area contributed by atoms with Crippen molar-refractivity contribution in [1.82, 2.24) is 20.4 Å². The van der Waals surface area contributed by atoms with E-state index in [1.54, 1.807) is 31.2 Å². The number of fused-ring (bicyclic) bond motifs is 1. The summed E-state index contributed by atoms with van der Waals surface area (Å²) >= 11 is 5.84. The maximum Gasteiger partial charge on any atom is 0.280 e. The lowest BCUT2D eigenvalue weighted by Gasteiger charge is -2.07. The van der Waals surface area contributed by atoms with E-state index in [0.29, 0.717) is 33.8 Å². The van der Waals surface area contributed by atoms with Crippen molar-refractivity contribution >= 4 is 34.7 Å². The van der Waals surface area contributed by atoms with Gasteiger partial charge in [-0.05, 0) is 30.2 Å². The van der Waals surface area contributed by atoms with Crippen molar-refractivity contribution in [1.29, 1.82) is 0 Å². The van der Waals surface area contributed by atoms with Gasteiger partial charge in [0.15, 0.2) is 5.58 Å². The Morgan fingerprint density at radius 1 is 1.19 bits per heavy atom. The topological polar surface area (TPSA) is 102 Å². The highest BCUT2D eigenvalue weighted by Gasteiger charge is 2.19. The molecule has 2 aromatic carbocycles. The van der Waals surface area contributed by atoms with Crippen LogP contribution in [0.25, 0.3) is 11.0 Å². The monoisotopic (exact) mass is 435 g/mol. The molecular weight excluding hydrogens is 418 g/mol. The van der Waals surface area contributed by atoms with Crippen LogP contribution in [0.2, 0.25) is 5.02 Å². The largest absolute Gasteiger partial charge is 0.354 e. The van der Waals surface area contributed by atoms with E-state index >= 15 is 0 Å². The molecule has 0 bridgehead atoms. The van der Waals surface area contributed by atoms with E-state index in [0.717, 1.165) is 15.8 Å². The van der Waals surface area contributed by atoms with Gasteiger partial charge in [-0.25, -0.2) is 10.1 Å². The number of amides is 1. The van der Waals surface area contributed by atoms with Gasteiger partial charge < -0.3 is 4.52 Å². The third-order valence-electron chi connectivity index (χ3n) is 4.60. The summed E-state index contributed by atoms with van der Waals surface area (Å²) in [5, 5.41) is 13.1. The van der Waals surface area contributed by atoms with Crippen LogP contribution in [0.15, 0.2) is 69.0 Å². The fourth-order valence-electron chi connectivity index (χ4n) is 3.10. The van der Waals surface area contributed by atoms with E-state index in [1.165, 1.54) is 6.21 Å². The van der Waals surface area contributed by atoms with Gasteiger partial charge in [-0.1, -0.05) is 59.2 Å². The predicted molar refractivity (Wildman–Crippen MR) is 117 cm³/mol. The van der Waals surface area contributed by atoms with E-state index < -0.39 is 11.5 Å². The lowest BCUT2D eigenvalue weighted by atomic mass is 10.1. The smallest absolute Gasteiger partial charge is 0.280 e. The second-order valence-electron chi connectivity index (χ2n) is 6.89. The Balaban J connectivity index is 1.57. The molecule has 0 aliphatic rings. The molecule has 0 fully saturated rings. The number of nitrogens with zero attached hydrogens (tertiary/aromatic N) is 4. The highest BCUT2D eigenvalue weighted by Crippen LogP contribution is 2.19. The third kappa shape index (κ3) is 4.70. The molecular formula is C22H18ClN5O3. The molecule has 0 unspecified atom stereocenters. The number of carbonyl (C=O) groups is 1. The first-order valence-electron chi connectivity index (χ1n) is 9.48. The molecule has 1 N–H and O–H groups in total. The number of hydrogen-bond acceptors (Lipinski definition) is 6. The van der Waals surface area contributed by atoms with Crippen LogP contribution in [0, 0.1) is 6.92 Å². The lowest BCUT2D eigenvalue weighted by Crippen LogP contribution is -2.32. The molecule has 2 heterocycles. The molecule has 31 heavy (non-hydrogen) atoms. The maximum absolute atomic E-state index is 12.8. The zero-order chi connectivity index (χ0) is 21.8. The van der Waals surface area contributed by atoms with Gasteiger partial charge in [-0.2, -0.15) is 10.2 Å². The molecule has 8 nitrogen and oxygen atoms in total. The molecule has 1 amide bonds. The summed E-state index contributed by atoms with van der Waals surface area (Å²) in [5.74, 6) is -0.487. The van der Waals surface area contributed by atoms with Gasteiger partial charge in [0.25, 0.3) is 11.5 Å². The van der Waals surface area contributed by atoms with Crippen LogP contribution in [0.5, 0.6) is 0 Å². The molecule has 0 aliphatic carbocycles. The van der Waals surface area contributed by atoms with E-state index in [-0.39, 0.29) is 6.54 Å². The first-order valence-corrected chi connectivity index (χ1v) is 9.86. The van der Waals surface area contributed by atoms with E-state index in [1.807, 2.05) is 30.3 Å². The van der Waals surface area contributed by atoms with Crippen molar-refractivity contribution in [3.05, 3.63) is 92.5 Å². The summed E-state index contributed by atoms with van der Waals surface area (Å²) in [6.07, 6.45) is 1.92. The van der Waals surface area contributed by atoms with Gasteiger partial charge >= 0.3 is 0 Å². The number of nitrogens with one attached hydrogen (secondary N) is 1. The van der Waals surface area contributed by atoms with Gasteiger partial charge in [0.2, 0.25) is 0 Å². The minimum Gasteiger partial charge on any atom is -0.354 e. The van der Waals surface area contributed by atoms with Crippen LogP contribution in [0.3, 0.4) is 0 Å². The molecule has 4 aromatic rings. The zero-order valence-electron chi connectivity index (χ0n) is 16.6. The van der Waals surface area contributed by atoms with Gasteiger partial charge in [0.05, 0.1) is 11.9 Å². The lowest BCUT2D eigenvalue weighted by molar-refractivity contribution is -0.121. The number of hydrogen-bond donors (Lipinski definition) is 1. The molecule has 0 saturated heterocycles. The van der Waals surface area contributed by atoms with Crippen LogP contribution in [-0.4, -0.2) is 27.1 Å². The standard InChI is InChI=1S/C22H18ClN5O3/c1-14-20-21(31-27-14)18(11-15-5-3-2-4-6-15)26-28(22(20)30)13-19(29)25-24-12-16-7-9-17(23)10-8-16/h2-10,12H,11,13H2,1H3,(H,25,29)/b24-12-. The highest BCUT2D eigenvalue weighted by molar-refractivity contribution is 6.30. The Labute approximate surface area is 182 Å². The fraction of sp³-hybridized carbons (Fsp3) is 0.136. The Morgan fingerprint density at radius 2 is 1.94 bits per heavy atom. The highest BCUT2D eigenvalue weighted by atomic mass is 35.5. The van der Waals surface area contributed by atoms with Crippen molar-refractivity contribution in [2.24, 2.45) is 5.10 Å². The van der Waals surface area contributed by atoms with Gasteiger partial charge in [-0.3, -0.25) is 9.59 Å². The first-order chi connectivity index (χ1) is 15.0. The van der Waals surface area contributed by atoms with Crippen molar-refractivity contribution < 1.29 is 9.32 Å². The summed E-state index contributed by atoms with van der Waals surface area (Å²) < 4.78 is 6.46. The van der Waals surface area contributed by atoms with Gasteiger partial charge in [0, 0.05) is 11.4 Å². The summed E-state index contributed by atoms with van der Waals surface area (Å²) in [5.41, 5.74) is 5.04. The number of aromatic nitrogens is 3. The molecule has 9 heteroatoms. The SMILES string of the molecule is Cc1noc2c(Cc3ccccc3)nn(CC(=O)N/N=C\c3ccc(Cl)cc3)c(=O)c12. The second kappa shape index (κ2) is 8.93. The molecule has 0 spiro atoms. The van der Waals surface area contributed by atoms with Crippen LogP contribution in [0.4, 0.5) is 0 Å². The van der Waals surface area contributed by atoms with E-state index in [4.69, 9.17) is 16.1 Å². The van der Waals surface area contributed by atoms with Crippen molar-refractivity contribution in [2.75, 3.05) is 0 Å². The minimum atomic E-state index is -0.487. The summed E-state index contributed by atoms with van der Waals surface area (Å²) in [6.45, 7) is 1.39. The number of halogens is 1. The van der Waals surface area contributed by atoms with Gasteiger partial charge in [0.1, 0.15) is 17.6 Å². The molecule has 0 saturated carbocycles. The third-order valence-corrected chi connectivity index (χ3v) is 4.85. The zero-order valence-corrected chi connectivity index (χ0v) is 17.3. The number of carbonyl (C=O) groups excluding carboxylic acids is 1. The summed E-state index contributed by atoms with van der Waals surface area (Å²) in [4.78, 5) is 25.2. The normalized spacial score (nSPS) is 11.3. The van der Waals surface area contributed by atoms with Crippen LogP contribution in [-0.2, 0) is 17.8 Å². The maximum atomic E-state index is 12.8. The quantitative estimate of drug-likeness (QED) is 0.370. The summed E-state index contributed by atoms with van der Waals surface area (Å²) in [6, 6.07) is 16.6. The fourth-order valence-corrected chi connectivity index (χ4v) is 3.22. The van der Waals surface area contributed by atoms with Crippen molar-refractivity contribution in [3.63, 3.8) is 0 Å². The second-order valence-corrected chi connectivity index (χ2v) is 7.33. The van der Waals surface area contributed by atoms with Gasteiger partial charge in [-0.15, -0.1) is 0 Å². The number of aryl methyl sites for hydroxylation is 1. The van der Waals surface area contributed by atoms with Crippen LogP contribution in [0.1, 0.15) is 22.5 Å². The molecule has 0 aliphatic heterocycles.